The third-order valence-electron chi connectivity index (χ3n) is 2.50. The Kier molecular flexibility index (Phi) is 3.59. The molecule has 3 nitrogen and oxygen atoms in total. The molecule has 0 atom stereocenters. The van der Waals surface area contributed by atoms with Gasteiger partial charge in [-0.05, 0) is 17.5 Å². The summed E-state index contributed by atoms with van der Waals surface area (Å²) in [5.74, 6) is 1.51. The zero-order valence-corrected chi connectivity index (χ0v) is 10.2. The second-order valence-corrected chi connectivity index (χ2v) is 3.89. The number of methoxy groups -OCH3 is 1. The van der Waals surface area contributed by atoms with E-state index in [0.717, 1.165) is 5.39 Å². The molecule has 0 aliphatic heterocycles. The maximum absolute atomic E-state index is 10.1. The van der Waals surface area contributed by atoms with Crippen molar-refractivity contribution in [2.45, 2.75) is 0 Å². The van der Waals surface area contributed by atoms with Gasteiger partial charge in [-0.15, -0.1) is 11.6 Å². The lowest BCUT2D eigenvalue weighted by molar-refractivity contribution is 0.321. The summed E-state index contributed by atoms with van der Waals surface area (Å²) in [4.78, 5) is 0. The van der Waals surface area contributed by atoms with Crippen LogP contribution in [0.15, 0.2) is 30.3 Å². The topological polar surface area (TPSA) is 38.7 Å². The summed E-state index contributed by atoms with van der Waals surface area (Å²) < 4.78 is 10.6. The molecule has 0 spiro atoms. The first-order chi connectivity index (χ1) is 8.27. The van der Waals surface area contributed by atoms with Crippen LogP contribution in [0.1, 0.15) is 0 Å². The number of ether oxygens (including phenoxy) is 2. The first-order valence-corrected chi connectivity index (χ1v) is 5.79. The maximum Gasteiger partial charge on any atom is 0.169 e. The van der Waals surface area contributed by atoms with Crippen LogP contribution in [-0.2, 0) is 0 Å². The fourth-order valence-corrected chi connectivity index (χ4v) is 1.82. The molecule has 0 unspecified atom stereocenters. The molecule has 2 aromatic carbocycles. The third-order valence-corrected chi connectivity index (χ3v) is 2.65. The van der Waals surface area contributed by atoms with Crippen LogP contribution in [0.4, 0.5) is 0 Å². The van der Waals surface area contributed by atoms with Crippen LogP contribution in [0.3, 0.4) is 0 Å². The van der Waals surface area contributed by atoms with E-state index in [0.29, 0.717) is 29.4 Å². The van der Waals surface area contributed by atoms with Gasteiger partial charge >= 0.3 is 0 Å². The van der Waals surface area contributed by atoms with Gasteiger partial charge in [0, 0.05) is 0 Å². The molecular weight excluding hydrogens is 240 g/mol. The van der Waals surface area contributed by atoms with Crippen LogP contribution in [0.25, 0.3) is 10.8 Å². The first-order valence-electron chi connectivity index (χ1n) is 5.25. The van der Waals surface area contributed by atoms with Crippen molar-refractivity contribution in [1.29, 1.82) is 0 Å². The maximum atomic E-state index is 10.1. The van der Waals surface area contributed by atoms with Crippen LogP contribution >= 0.6 is 11.6 Å². The number of fused-ring (bicyclic) bond motifs is 1. The van der Waals surface area contributed by atoms with Crippen molar-refractivity contribution in [2.24, 2.45) is 0 Å². The van der Waals surface area contributed by atoms with E-state index in [4.69, 9.17) is 21.1 Å². The number of phenols is 1. The molecule has 0 radical (unpaired) electrons. The van der Waals surface area contributed by atoms with Crippen molar-refractivity contribution >= 4 is 22.4 Å². The Morgan fingerprint density at radius 1 is 1.18 bits per heavy atom. The van der Waals surface area contributed by atoms with Gasteiger partial charge < -0.3 is 14.6 Å². The minimum Gasteiger partial charge on any atom is -0.504 e. The molecule has 0 aliphatic carbocycles. The molecule has 0 fully saturated rings. The van der Waals surface area contributed by atoms with Gasteiger partial charge in [0.25, 0.3) is 0 Å². The van der Waals surface area contributed by atoms with Crippen LogP contribution in [0.5, 0.6) is 17.2 Å². The molecule has 1 N–H and O–H groups in total. The van der Waals surface area contributed by atoms with Gasteiger partial charge in [-0.25, -0.2) is 0 Å². The van der Waals surface area contributed by atoms with Gasteiger partial charge in [0.15, 0.2) is 11.5 Å². The van der Waals surface area contributed by atoms with Gasteiger partial charge in [-0.3, -0.25) is 0 Å². The highest BCUT2D eigenvalue weighted by molar-refractivity contribution is 6.18. The second-order valence-electron chi connectivity index (χ2n) is 3.51. The molecule has 0 aromatic heterocycles. The summed E-state index contributed by atoms with van der Waals surface area (Å²) in [5.41, 5.74) is 0. The normalized spacial score (nSPS) is 10.5. The summed E-state index contributed by atoms with van der Waals surface area (Å²) in [6.07, 6.45) is 0. The quantitative estimate of drug-likeness (QED) is 0.850. The van der Waals surface area contributed by atoms with Gasteiger partial charge in [0.1, 0.15) is 12.4 Å². The highest BCUT2D eigenvalue weighted by atomic mass is 35.5. The average molecular weight is 253 g/mol. The Bertz CT molecular complexity index is 525. The fourth-order valence-electron chi connectivity index (χ4n) is 1.74. The molecule has 0 saturated carbocycles. The molecule has 0 saturated heterocycles. The van der Waals surface area contributed by atoms with Crippen LogP contribution in [0, 0.1) is 0 Å². The average Bonchev–Trinajstić information content (AvgIpc) is 2.37. The van der Waals surface area contributed by atoms with E-state index in [9.17, 15) is 5.11 Å². The number of halogens is 1. The number of phenolic OH excluding ortho intramolecular Hbond substituents is 1. The van der Waals surface area contributed by atoms with Gasteiger partial charge in [-0.1, -0.05) is 18.2 Å². The van der Waals surface area contributed by atoms with Crippen molar-refractivity contribution in [2.75, 3.05) is 19.6 Å². The molecule has 4 heteroatoms. The Hall–Kier alpha value is -1.61. The Morgan fingerprint density at radius 2 is 2.00 bits per heavy atom. The van der Waals surface area contributed by atoms with Crippen molar-refractivity contribution in [3.05, 3.63) is 30.3 Å². The van der Waals surface area contributed by atoms with Crippen LogP contribution < -0.4 is 9.47 Å². The molecular formula is C13H13ClO3. The minimum atomic E-state index is 0.0880. The van der Waals surface area contributed by atoms with E-state index in [-0.39, 0.29) is 5.75 Å². The van der Waals surface area contributed by atoms with Crippen molar-refractivity contribution in [1.82, 2.24) is 0 Å². The van der Waals surface area contributed by atoms with E-state index in [1.54, 1.807) is 19.2 Å². The monoisotopic (exact) mass is 252 g/mol. The Labute approximate surface area is 105 Å². The zero-order valence-electron chi connectivity index (χ0n) is 9.44. The van der Waals surface area contributed by atoms with Gasteiger partial charge in [0.2, 0.25) is 0 Å². The van der Waals surface area contributed by atoms with E-state index in [1.807, 2.05) is 18.2 Å². The summed E-state index contributed by atoms with van der Waals surface area (Å²) >= 11 is 5.55. The molecule has 0 amide bonds. The minimum absolute atomic E-state index is 0.0880. The lowest BCUT2D eigenvalue weighted by atomic mass is 10.1. The van der Waals surface area contributed by atoms with E-state index in [1.165, 1.54) is 0 Å². The van der Waals surface area contributed by atoms with Crippen LogP contribution in [-0.4, -0.2) is 24.7 Å². The van der Waals surface area contributed by atoms with Crippen LogP contribution in [0.2, 0.25) is 0 Å². The predicted octanol–water partition coefficient (Wildman–Crippen LogP) is 3.17. The summed E-state index contributed by atoms with van der Waals surface area (Å²) in [5, 5.41) is 11.7. The van der Waals surface area contributed by atoms with Crippen molar-refractivity contribution in [3.8, 4) is 17.2 Å². The van der Waals surface area contributed by atoms with Crippen molar-refractivity contribution in [3.63, 3.8) is 0 Å². The van der Waals surface area contributed by atoms with Gasteiger partial charge in [-0.2, -0.15) is 0 Å². The van der Waals surface area contributed by atoms with Gasteiger partial charge in [0.05, 0.1) is 18.4 Å². The number of rotatable bonds is 4. The smallest absolute Gasteiger partial charge is 0.169 e. The standard InChI is InChI=1S/C13H13ClO3/c1-16-10-4-2-3-9-5-6-11(17-8-7-14)13(15)12(9)10/h2-6,15H,7-8H2,1H3. The molecule has 0 heterocycles. The summed E-state index contributed by atoms with van der Waals surface area (Å²) in [6, 6.07) is 9.18. The van der Waals surface area contributed by atoms with E-state index >= 15 is 0 Å². The highest BCUT2D eigenvalue weighted by Gasteiger charge is 2.11. The molecule has 2 rings (SSSR count). The largest absolute Gasteiger partial charge is 0.504 e. The summed E-state index contributed by atoms with van der Waals surface area (Å²) in [7, 11) is 1.57. The molecule has 17 heavy (non-hydrogen) atoms. The SMILES string of the molecule is COc1cccc2ccc(OCCCl)c(O)c12. The van der Waals surface area contributed by atoms with E-state index < -0.39 is 0 Å². The van der Waals surface area contributed by atoms with E-state index in [2.05, 4.69) is 0 Å². The first kappa shape index (κ1) is 11.9. The second kappa shape index (κ2) is 5.15. The lowest BCUT2D eigenvalue weighted by Crippen LogP contribution is -1.98. The molecule has 90 valence electrons. The number of hydrogen-bond donors (Lipinski definition) is 1. The molecule has 0 bridgehead atoms. The molecule has 0 aliphatic rings. The highest BCUT2D eigenvalue weighted by Crippen LogP contribution is 2.39. The fraction of sp³-hybridized carbons (Fsp3) is 0.231. The Balaban J connectivity index is 2.56. The Morgan fingerprint density at radius 3 is 2.71 bits per heavy atom. The zero-order chi connectivity index (χ0) is 12.3. The number of alkyl halides is 1. The molecule has 2 aromatic rings. The van der Waals surface area contributed by atoms with Crippen molar-refractivity contribution < 1.29 is 14.6 Å². The predicted molar refractivity (Wildman–Crippen MR) is 68.4 cm³/mol. The third kappa shape index (κ3) is 2.24. The number of benzene rings is 2. The summed E-state index contributed by atoms with van der Waals surface area (Å²) in [6.45, 7) is 0.357. The number of hydrogen-bond acceptors (Lipinski definition) is 3. The number of aromatic hydroxyl groups is 1. The lowest BCUT2D eigenvalue weighted by Gasteiger charge is -2.11.